The van der Waals surface area contributed by atoms with E-state index in [4.69, 9.17) is 4.74 Å². The molecule has 1 N–H and O–H groups in total. The number of ether oxygens (including phenoxy) is 1. The van der Waals surface area contributed by atoms with Crippen molar-refractivity contribution in [2.24, 2.45) is 0 Å². The Morgan fingerprint density at radius 1 is 1.11 bits per heavy atom. The quantitative estimate of drug-likeness (QED) is 0.416. The zero-order chi connectivity index (χ0) is 18.8. The molecule has 0 saturated heterocycles. The standard InChI is InChI=1S/C20H14BrN3O2S/c1-26-20(25)14-4-2-3-5-16(14)24-18-17-15(10-27-19(17)23-11-22-18)12-6-8-13(21)9-7-12/h2-11H,1H3,(H,22,23,24). The van der Waals surface area contributed by atoms with Gasteiger partial charge in [0.05, 0.1) is 23.7 Å². The number of esters is 1. The molecule has 4 rings (SSSR count). The molecule has 7 heteroatoms. The lowest BCUT2D eigenvalue weighted by Gasteiger charge is -2.11. The Morgan fingerprint density at radius 2 is 1.89 bits per heavy atom. The smallest absolute Gasteiger partial charge is 0.339 e. The number of methoxy groups -OCH3 is 1. The maximum Gasteiger partial charge on any atom is 0.339 e. The lowest BCUT2D eigenvalue weighted by molar-refractivity contribution is 0.0602. The number of benzene rings is 2. The fourth-order valence-electron chi connectivity index (χ4n) is 2.82. The average Bonchev–Trinajstić information content (AvgIpc) is 3.14. The lowest BCUT2D eigenvalue weighted by Crippen LogP contribution is -2.06. The third kappa shape index (κ3) is 3.43. The van der Waals surface area contributed by atoms with Gasteiger partial charge < -0.3 is 10.1 Å². The summed E-state index contributed by atoms with van der Waals surface area (Å²) in [6.45, 7) is 0. The molecule has 0 aliphatic carbocycles. The molecule has 2 aromatic carbocycles. The van der Waals surface area contributed by atoms with Crippen LogP contribution in [-0.2, 0) is 4.74 Å². The van der Waals surface area contributed by atoms with Crippen molar-refractivity contribution >= 4 is 55.0 Å². The summed E-state index contributed by atoms with van der Waals surface area (Å²) >= 11 is 5.03. The van der Waals surface area contributed by atoms with Crippen molar-refractivity contribution in [2.45, 2.75) is 0 Å². The van der Waals surface area contributed by atoms with Gasteiger partial charge in [0.25, 0.3) is 0 Å². The molecule has 0 amide bonds. The van der Waals surface area contributed by atoms with E-state index in [-0.39, 0.29) is 0 Å². The minimum Gasteiger partial charge on any atom is -0.465 e. The Balaban J connectivity index is 1.83. The summed E-state index contributed by atoms with van der Waals surface area (Å²) in [7, 11) is 1.37. The number of carbonyl (C=O) groups is 1. The Morgan fingerprint density at radius 3 is 2.67 bits per heavy atom. The van der Waals surface area contributed by atoms with Gasteiger partial charge in [-0.05, 0) is 29.8 Å². The van der Waals surface area contributed by atoms with Crippen molar-refractivity contribution in [3.05, 3.63) is 70.3 Å². The summed E-state index contributed by atoms with van der Waals surface area (Å²) in [5, 5.41) is 6.27. The van der Waals surface area contributed by atoms with E-state index in [1.165, 1.54) is 13.4 Å². The number of thiophene rings is 1. The lowest BCUT2D eigenvalue weighted by atomic mass is 10.1. The molecule has 0 unspecified atom stereocenters. The average molecular weight is 440 g/mol. The van der Waals surface area contributed by atoms with Crippen LogP contribution in [0.5, 0.6) is 0 Å². The number of halogens is 1. The Bertz CT molecular complexity index is 1130. The largest absolute Gasteiger partial charge is 0.465 e. The molecule has 0 spiro atoms. The molecule has 134 valence electrons. The number of nitrogens with zero attached hydrogens (tertiary/aromatic N) is 2. The molecule has 0 saturated carbocycles. The molecule has 0 bridgehead atoms. The van der Waals surface area contributed by atoms with Gasteiger partial charge in [-0.2, -0.15) is 0 Å². The predicted octanol–water partition coefficient (Wildman–Crippen LogP) is 5.65. The number of carbonyl (C=O) groups excluding carboxylic acids is 1. The molecule has 0 aliphatic rings. The maximum atomic E-state index is 12.1. The zero-order valence-electron chi connectivity index (χ0n) is 14.3. The van der Waals surface area contributed by atoms with E-state index in [9.17, 15) is 4.79 Å². The monoisotopic (exact) mass is 439 g/mol. The van der Waals surface area contributed by atoms with Crippen molar-refractivity contribution in [3.63, 3.8) is 0 Å². The van der Waals surface area contributed by atoms with Gasteiger partial charge in [-0.3, -0.25) is 0 Å². The first-order valence-corrected chi connectivity index (χ1v) is 9.77. The summed E-state index contributed by atoms with van der Waals surface area (Å²) in [6, 6.07) is 15.3. The molecule has 0 radical (unpaired) electrons. The van der Waals surface area contributed by atoms with Crippen LogP contribution in [0.1, 0.15) is 10.4 Å². The van der Waals surface area contributed by atoms with E-state index in [1.807, 2.05) is 36.4 Å². The van der Waals surface area contributed by atoms with Crippen LogP contribution in [0.4, 0.5) is 11.5 Å². The number of para-hydroxylation sites is 1. The normalized spacial score (nSPS) is 10.7. The number of aromatic nitrogens is 2. The van der Waals surface area contributed by atoms with E-state index in [2.05, 4.69) is 36.6 Å². The van der Waals surface area contributed by atoms with Crippen LogP contribution in [0.2, 0.25) is 0 Å². The van der Waals surface area contributed by atoms with E-state index >= 15 is 0 Å². The molecule has 0 aliphatic heterocycles. The zero-order valence-corrected chi connectivity index (χ0v) is 16.7. The first-order valence-electron chi connectivity index (χ1n) is 8.10. The van der Waals surface area contributed by atoms with Gasteiger partial charge in [0.15, 0.2) is 0 Å². The number of anilines is 2. The molecule has 5 nitrogen and oxygen atoms in total. The molecular weight excluding hydrogens is 426 g/mol. The minimum atomic E-state index is -0.401. The van der Waals surface area contributed by atoms with Gasteiger partial charge >= 0.3 is 5.97 Å². The third-order valence-electron chi connectivity index (χ3n) is 4.11. The molecule has 0 atom stereocenters. The van der Waals surface area contributed by atoms with Gasteiger partial charge in [-0.1, -0.05) is 40.2 Å². The van der Waals surface area contributed by atoms with Gasteiger partial charge in [0.1, 0.15) is 17.0 Å². The highest BCUT2D eigenvalue weighted by Crippen LogP contribution is 2.38. The Hall–Kier alpha value is -2.77. The second-order valence-electron chi connectivity index (χ2n) is 5.72. The van der Waals surface area contributed by atoms with Crippen molar-refractivity contribution in [3.8, 4) is 11.1 Å². The first kappa shape index (κ1) is 17.6. The minimum absolute atomic E-state index is 0.401. The fourth-order valence-corrected chi connectivity index (χ4v) is 4.00. The number of hydrogen-bond donors (Lipinski definition) is 1. The molecular formula is C20H14BrN3O2S. The van der Waals surface area contributed by atoms with Gasteiger partial charge in [0, 0.05) is 15.4 Å². The van der Waals surface area contributed by atoms with Crippen molar-refractivity contribution in [1.29, 1.82) is 0 Å². The molecule has 2 aromatic heterocycles. The van der Waals surface area contributed by atoms with Crippen LogP contribution < -0.4 is 5.32 Å². The second kappa shape index (κ2) is 7.46. The first-order chi connectivity index (χ1) is 13.2. The number of fused-ring (bicyclic) bond motifs is 1. The summed E-state index contributed by atoms with van der Waals surface area (Å²) in [6.07, 6.45) is 1.52. The van der Waals surface area contributed by atoms with Gasteiger partial charge in [0.2, 0.25) is 0 Å². The number of hydrogen-bond acceptors (Lipinski definition) is 6. The summed E-state index contributed by atoms with van der Waals surface area (Å²) in [5.41, 5.74) is 3.20. The van der Waals surface area contributed by atoms with E-state index in [1.54, 1.807) is 23.5 Å². The molecule has 2 heterocycles. The van der Waals surface area contributed by atoms with E-state index in [0.29, 0.717) is 17.1 Å². The molecule has 27 heavy (non-hydrogen) atoms. The highest BCUT2D eigenvalue weighted by Gasteiger charge is 2.16. The van der Waals surface area contributed by atoms with Crippen LogP contribution in [0.25, 0.3) is 21.3 Å². The number of rotatable bonds is 4. The SMILES string of the molecule is COC(=O)c1ccccc1Nc1ncnc2scc(-c3ccc(Br)cc3)c12. The van der Waals surface area contributed by atoms with Crippen LogP contribution in [0.15, 0.2) is 64.7 Å². The maximum absolute atomic E-state index is 12.1. The van der Waals surface area contributed by atoms with Crippen LogP contribution in [0.3, 0.4) is 0 Å². The second-order valence-corrected chi connectivity index (χ2v) is 7.49. The van der Waals surface area contributed by atoms with Crippen molar-refractivity contribution in [2.75, 3.05) is 12.4 Å². The Labute approximate surface area is 168 Å². The van der Waals surface area contributed by atoms with E-state index < -0.39 is 5.97 Å². The van der Waals surface area contributed by atoms with Crippen molar-refractivity contribution in [1.82, 2.24) is 9.97 Å². The highest BCUT2D eigenvalue weighted by atomic mass is 79.9. The topological polar surface area (TPSA) is 64.1 Å². The van der Waals surface area contributed by atoms with Gasteiger partial charge in [-0.25, -0.2) is 14.8 Å². The third-order valence-corrected chi connectivity index (χ3v) is 5.53. The summed E-state index contributed by atoms with van der Waals surface area (Å²) < 4.78 is 5.90. The van der Waals surface area contributed by atoms with Crippen LogP contribution in [0, 0.1) is 0 Å². The number of nitrogens with one attached hydrogen (secondary N) is 1. The molecule has 0 fully saturated rings. The highest BCUT2D eigenvalue weighted by molar-refractivity contribution is 9.10. The van der Waals surface area contributed by atoms with Crippen molar-refractivity contribution < 1.29 is 9.53 Å². The fraction of sp³-hybridized carbons (Fsp3) is 0.0500. The molecule has 4 aromatic rings. The van der Waals surface area contributed by atoms with Crippen LogP contribution in [-0.4, -0.2) is 23.0 Å². The van der Waals surface area contributed by atoms with Crippen LogP contribution >= 0.6 is 27.3 Å². The summed E-state index contributed by atoms with van der Waals surface area (Å²) in [4.78, 5) is 21.8. The summed E-state index contributed by atoms with van der Waals surface area (Å²) in [5.74, 6) is 0.248. The Kier molecular flexibility index (Phi) is 4.87. The van der Waals surface area contributed by atoms with Gasteiger partial charge in [-0.15, -0.1) is 11.3 Å². The predicted molar refractivity (Wildman–Crippen MR) is 112 cm³/mol. The van der Waals surface area contributed by atoms with E-state index in [0.717, 1.165) is 25.8 Å².